The number of rotatable bonds is 4. The van der Waals surface area contributed by atoms with Gasteiger partial charge in [0.15, 0.2) is 5.84 Å². The van der Waals surface area contributed by atoms with Gasteiger partial charge in [-0.2, -0.15) is 5.10 Å². The summed E-state index contributed by atoms with van der Waals surface area (Å²) in [4.78, 5) is 2.22. The zero-order chi connectivity index (χ0) is 12.1. The maximum Gasteiger partial charge on any atom is 0.169 e. The van der Waals surface area contributed by atoms with E-state index >= 15 is 0 Å². The first kappa shape index (κ1) is 11.9. The van der Waals surface area contributed by atoms with E-state index in [1.54, 1.807) is 6.20 Å². The van der Waals surface area contributed by atoms with Gasteiger partial charge in [0.25, 0.3) is 0 Å². The van der Waals surface area contributed by atoms with E-state index in [1.165, 1.54) is 0 Å². The van der Waals surface area contributed by atoms with E-state index in [4.69, 9.17) is 15.7 Å². The fourth-order valence-corrected chi connectivity index (χ4v) is 1.83. The summed E-state index contributed by atoms with van der Waals surface area (Å²) in [7, 11) is 0. The molecule has 1 aromatic heterocycles. The van der Waals surface area contributed by atoms with Gasteiger partial charge in [0.05, 0.1) is 13.2 Å². The van der Waals surface area contributed by atoms with E-state index in [9.17, 15) is 0 Å². The Morgan fingerprint density at radius 3 is 3.18 bits per heavy atom. The normalized spacial score (nSPS) is 22.8. The van der Waals surface area contributed by atoms with Gasteiger partial charge in [0, 0.05) is 32.0 Å². The second-order valence-corrected chi connectivity index (χ2v) is 3.95. The number of aromatic nitrogens is 2. The lowest BCUT2D eigenvalue weighted by Crippen LogP contribution is -2.49. The molecule has 1 aliphatic heterocycles. The number of nitrogens with two attached hydrogens (primary N) is 1. The van der Waals surface area contributed by atoms with Crippen LogP contribution in [0.4, 0.5) is 0 Å². The highest BCUT2D eigenvalue weighted by molar-refractivity contribution is 5.84. The molecule has 1 aliphatic rings. The maximum absolute atomic E-state index is 8.60. The molecule has 0 radical (unpaired) electrons. The summed E-state index contributed by atoms with van der Waals surface area (Å²) < 4.78 is 7.30. The Bertz CT molecular complexity index is 365. The summed E-state index contributed by atoms with van der Waals surface area (Å²) in [6, 6.07) is 1.90. The Morgan fingerprint density at radius 1 is 1.59 bits per heavy atom. The first-order valence-corrected chi connectivity index (χ1v) is 5.58. The standard InChI is InChI=1S/C10H17N5O2/c11-10(13-16)9-8-14(6-7-17-9)4-5-15-3-1-2-12-15/h1-3,9,16H,4-8H2,(H2,11,13). The van der Waals surface area contributed by atoms with Crippen LogP contribution in [0.25, 0.3) is 0 Å². The van der Waals surface area contributed by atoms with Gasteiger partial charge in [0.1, 0.15) is 6.10 Å². The van der Waals surface area contributed by atoms with Crippen molar-refractivity contribution in [1.82, 2.24) is 14.7 Å². The van der Waals surface area contributed by atoms with Gasteiger partial charge in [-0.1, -0.05) is 5.16 Å². The number of hydrogen-bond donors (Lipinski definition) is 2. The highest BCUT2D eigenvalue weighted by Gasteiger charge is 2.23. The SMILES string of the molecule is NC(=NO)C1CN(CCn2cccn2)CCO1. The number of morpholine rings is 1. The summed E-state index contributed by atoms with van der Waals surface area (Å²) in [5.41, 5.74) is 5.53. The fraction of sp³-hybridized carbons (Fsp3) is 0.600. The molecule has 1 fully saturated rings. The molecule has 0 amide bonds. The van der Waals surface area contributed by atoms with E-state index < -0.39 is 0 Å². The topological polar surface area (TPSA) is 88.9 Å². The maximum atomic E-state index is 8.60. The number of hydrogen-bond acceptors (Lipinski definition) is 5. The molecule has 0 bridgehead atoms. The lowest BCUT2D eigenvalue weighted by Gasteiger charge is -2.31. The Balaban J connectivity index is 1.81. The number of ether oxygens (including phenoxy) is 1. The van der Waals surface area contributed by atoms with Gasteiger partial charge in [-0.25, -0.2) is 0 Å². The molecule has 1 saturated heterocycles. The Kier molecular flexibility index (Phi) is 3.94. The van der Waals surface area contributed by atoms with Crippen LogP contribution in [0.1, 0.15) is 0 Å². The first-order valence-electron chi connectivity index (χ1n) is 5.58. The lowest BCUT2D eigenvalue weighted by molar-refractivity contribution is 0.00323. The van der Waals surface area contributed by atoms with Crippen molar-refractivity contribution in [1.29, 1.82) is 0 Å². The highest BCUT2D eigenvalue weighted by atomic mass is 16.5. The fourth-order valence-electron chi connectivity index (χ4n) is 1.83. The molecule has 0 aliphatic carbocycles. The average Bonchev–Trinajstić information content (AvgIpc) is 2.89. The van der Waals surface area contributed by atoms with E-state index in [2.05, 4.69) is 15.2 Å². The van der Waals surface area contributed by atoms with Gasteiger partial charge in [-0.3, -0.25) is 9.58 Å². The summed E-state index contributed by atoms with van der Waals surface area (Å²) in [6.45, 7) is 3.81. The van der Waals surface area contributed by atoms with Crippen molar-refractivity contribution in [2.75, 3.05) is 26.2 Å². The molecule has 1 unspecified atom stereocenters. The predicted octanol–water partition coefficient (Wildman–Crippen LogP) is -0.670. The first-order chi connectivity index (χ1) is 8.29. The third kappa shape index (κ3) is 3.18. The van der Waals surface area contributed by atoms with Gasteiger partial charge in [-0.05, 0) is 6.07 Å². The summed E-state index contributed by atoms with van der Waals surface area (Å²) >= 11 is 0. The number of nitrogens with zero attached hydrogens (tertiary/aromatic N) is 4. The van der Waals surface area contributed by atoms with Crippen LogP contribution in [0.15, 0.2) is 23.6 Å². The summed E-state index contributed by atoms with van der Waals surface area (Å²) in [5, 5.41) is 15.7. The minimum absolute atomic E-state index is 0.133. The molecular weight excluding hydrogens is 222 g/mol. The van der Waals surface area contributed by atoms with Crippen molar-refractivity contribution in [3.63, 3.8) is 0 Å². The van der Waals surface area contributed by atoms with Crippen molar-refractivity contribution < 1.29 is 9.94 Å². The van der Waals surface area contributed by atoms with Gasteiger partial charge in [-0.15, -0.1) is 0 Å². The zero-order valence-corrected chi connectivity index (χ0v) is 9.57. The van der Waals surface area contributed by atoms with Crippen LogP contribution in [-0.4, -0.2) is 58.1 Å². The van der Waals surface area contributed by atoms with Crippen LogP contribution in [0, 0.1) is 0 Å². The van der Waals surface area contributed by atoms with Crippen molar-refractivity contribution in [3.05, 3.63) is 18.5 Å². The minimum Gasteiger partial charge on any atom is -0.409 e. The van der Waals surface area contributed by atoms with E-state index in [0.29, 0.717) is 13.2 Å². The summed E-state index contributed by atoms with van der Waals surface area (Å²) in [5.74, 6) is 0.133. The molecule has 7 heteroatoms. The van der Waals surface area contributed by atoms with Gasteiger partial charge >= 0.3 is 0 Å². The molecule has 0 saturated carbocycles. The second-order valence-electron chi connectivity index (χ2n) is 3.95. The number of oxime groups is 1. The van der Waals surface area contributed by atoms with Crippen LogP contribution in [0.2, 0.25) is 0 Å². The molecule has 2 heterocycles. The Labute approximate surface area is 99.4 Å². The van der Waals surface area contributed by atoms with E-state index in [1.807, 2.05) is 16.9 Å². The second kappa shape index (κ2) is 5.65. The molecule has 94 valence electrons. The molecule has 1 atom stereocenters. The highest BCUT2D eigenvalue weighted by Crippen LogP contribution is 2.05. The lowest BCUT2D eigenvalue weighted by atomic mass is 10.2. The van der Waals surface area contributed by atoms with Crippen molar-refractivity contribution in [2.45, 2.75) is 12.6 Å². The van der Waals surface area contributed by atoms with Gasteiger partial charge in [0.2, 0.25) is 0 Å². The Morgan fingerprint density at radius 2 is 2.47 bits per heavy atom. The number of amidine groups is 1. The minimum atomic E-state index is -0.314. The molecular formula is C10H17N5O2. The van der Waals surface area contributed by atoms with Crippen LogP contribution in [0.5, 0.6) is 0 Å². The monoisotopic (exact) mass is 239 g/mol. The molecule has 17 heavy (non-hydrogen) atoms. The molecule has 3 N–H and O–H groups in total. The van der Waals surface area contributed by atoms with Crippen molar-refractivity contribution in [3.8, 4) is 0 Å². The molecule has 1 aromatic rings. The smallest absolute Gasteiger partial charge is 0.169 e. The van der Waals surface area contributed by atoms with Crippen LogP contribution >= 0.6 is 0 Å². The van der Waals surface area contributed by atoms with Crippen molar-refractivity contribution in [2.24, 2.45) is 10.9 Å². The largest absolute Gasteiger partial charge is 0.409 e. The van der Waals surface area contributed by atoms with Crippen LogP contribution < -0.4 is 5.73 Å². The van der Waals surface area contributed by atoms with Gasteiger partial charge < -0.3 is 15.7 Å². The third-order valence-electron chi connectivity index (χ3n) is 2.80. The van der Waals surface area contributed by atoms with Crippen LogP contribution in [-0.2, 0) is 11.3 Å². The van der Waals surface area contributed by atoms with Crippen molar-refractivity contribution >= 4 is 5.84 Å². The zero-order valence-electron chi connectivity index (χ0n) is 9.57. The molecule has 0 aromatic carbocycles. The third-order valence-corrected chi connectivity index (χ3v) is 2.80. The van der Waals surface area contributed by atoms with Crippen LogP contribution in [0.3, 0.4) is 0 Å². The van der Waals surface area contributed by atoms with E-state index in [-0.39, 0.29) is 11.9 Å². The molecule has 0 spiro atoms. The predicted molar refractivity (Wildman–Crippen MR) is 61.8 cm³/mol. The summed E-state index contributed by atoms with van der Waals surface area (Å²) in [6.07, 6.45) is 3.38. The molecule has 7 nitrogen and oxygen atoms in total. The quantitative estimate of drug-likeness (QED) is 0.315. The van der Waals surface area contributed by atoms with E-state index in [0.717, 1.165) is 19.6 Å². The average molecular weight is 239 g/mol. The molecule has 2 rings (SSSR count). The Hall–Kier alpha value is -1.60.